The Hall–Kier alpha value is -2.26. The third-order valence-electron chi connectivity index (χ3n) is 3.60. The standard InChI is InChI=1S/C18H13BrN2/c19-14-6-5-13-10-16(21-18(13)11-14)8-7-15-9-12-3-1-2-4-17(12)20-15/h1-11,20-21H/b8-7+. The second-order valence-electron chi connectivity index (χ2n) is 5.10. The summed E-state index contributed by atoms with van der Waals surface area (Å²) in [6.07, 6.45) is 4.19. The van der Waals surface area contributed by atoms with Crippen molar-refractivity contribution in [1.82, 2.24) is 9.97 Å². The first-order valence-electron chi connectivity index (χ1n) is 6.82. The molecule has 102 valence electrons. The van der Waals surface area contributed by atoms with Gasteiger partial charge in [-0.25, -0.2) is 0 Å². The molecule has 0 bridgehead atoms. The molecule has 3 heteroatoms. The van der Waals surface area contributed by atoms with Gasteiger partial charge in [0.05, 0.1) is 0 Å². The van der Waals surface area contributed by atoms with Gasteiger partial charge in [0.1, 0.15) is 0 Å². The summed E-state index contributed by atoms with van der Waals surface area (Å²) < 4.78 is 1.09. The molecule has 2 N–H and O–H groups in total. The molecule has 0 fully saturated rings. The summed E-state index contributed by atoms with van der Waals surface area (Å²) in [5.74, 6) is 0. The van der Waals surface area contributed by atoms with Crippen molar-refractivity contribution in [3.63, 3.8) is 0 Å². The maximum absolute atomic E-state index is 3.49. The van der Waals surface area contributed by atoms with Gasteiger partial charge in [0.15, 0.2) is 0 Å². The minimum absolute atomic E-state index is 1.09. The molecule has 2 heterocycles. The molecule has 21 heavy (non-hydrogen) atoms. The fraction of sp³-hybridized carbons (Fsp3) is 0. The van der Waals surface area contributed by atoms with Crippen LogP contribution in [0.5, 0.6) is 0 Å². The van der Waals surface area contributed by atoms with Crippen LogP contribution in [0.15, 0.2) is 59.1 Å². The first kappa shape index (κ1) is 12.5. The number of hydrogen-bond acceptors (Lipinski definition) is 0. The highest BCUT2D eigenvalue weighted by atomic mass is 79.9. The smallest absolute Gasteiger partial charge is 0.0469 e. The molecule has 0 atom stereocenters. The first-order valence-corrected chi connectivity index (χ1v) is 7.61. The lowest BCUT2D eigenvalue weighted by Gasteiger charge is -1.89. The summed E-state index contributed by atoms with van der Waals surface area (Å²) in [5, 5.41) is 2.45. The van der Waals surface area contributed by atoms with Crippen molar-refractivity contribution < 1.29 is 0 Å². The van der Waals surface area contributed by atoms with Crippen molar-refractivity contribution in [2.45, 2.75) is 0 Å². The summed E-state index contributed by atoms with van der Waals surface area (Å²) in [5.41, 5.74) is 4.51. The Kier molecular flexibility index (Phi) is 2.93. The van der Waals surface area contributed by atoms with Crippen LogP contribution >= 0.6 is 15.9 Å². The van der Waals surface area contributed by atoms with Crippen LogP contribution in [0.2, 0.25) is 0 Å². The van der Waals surface area contributed by atoms with Crippen LogP contribution in [0.25, 0.3) is 34.0 Å². The van der Waals surface area contributed by atoms with E-state index in [4.69, 9.17) is 0 Å². The second kappa shape index (κ2) is 4.93. The fourth-order valence-corrected chi connectivity index (χ4v) is 2.94. The van der Waals surface area contributed by atoms with Crippen LogP contribution < -0.4 is 0 Å². The number of nitrogens with one attached hydrogen (secondary N) is 2. The van der Waals surface area contributed by atoms with Gasteiger partial charge in [-0.05, 0) is 47.9 Å². The van der Waals surface area contributed by atoms with E-state index in [2.05, 4.69) is 86.6 Å². The highest BCUT2D eigenvalue weighted by Crippen LogP contribution is 2.22. The predicted molar refractivity (Wildman–Crippen MR) is 93.2 cm³/mol. The van der Waals surface area contributed by atoms with Crippen LogP contribution in [-0.4, -0.2) is 9.97 Å². The number of hydrogen-bond donors (Lipinski definition) is 2. The molecule has 4 rings (SSSR count). The molecule has 0 aliphatic heterocycles. The number of halogens is 1. The van der Waals surface area contributed by atoms with Crippen LogP contribution in [0.1, 0.15) is 11.4 Å². The van der Waals surface area contributed by atoms with Crippen molar-refractivity contribution in [1.29, 1.82) is 0 Å². The zero-order valence-corrected chi connectivity index (χ0v) is 12.8. The summed E-state index contributed by atoms with van der Waals surface area (Å²) >= 11 is 3.49. The molecule has 2 aromatic carbocycles. The number of para-hydroxylation sites is 1. The molecule has 0 saturated carbocycles. The predicted octanol–water partition coefficient (Wildman–Crippen LogP) is 5.58. The van der Waals surface area contributed by atoms with Gasteiger partial charge < -0.3 is 9.97 Å². The van der Waals surface area contributed by atoms with E-state index in [0.717, 1.165) is 26.9 Å². The lowest BCUT2D eigenvalue weighted by Crippen LogP contribution is -1.72. The number of rotatable bonds is 2. The Bertz CT molecular complexity index is 927. The minimum Gasteiger partial charge on any atom is -0.355 e. The Morgan fingerprint density at radius 2 is 1.38 bits per heavy atom. The maximum atomic E-state index is 3.49. The highest BCUT2D eigenvalue weighted by Gasteiger charge is 2.00. The van der Waals surface area contributed by atoms with Gasteiger partial charge in [-0.15, -0.1) is 0 Å². The van der Waals surface area contributed by atoms with Crippen molar-refractivity contribution in [2.75, 3.05) is 0 Å². The van der Waals surface area contributed by atoms with E-state index in [1.165, 1.54) is 10.8 Å². The number of H-pyrrole nitrogens is 2. The summed E-state index contributed by atoms with van der Waals surface area (Å²) in [7, 11) is 0. The Balaban J connectivity index is 1.69. The molecule has 4 aromatic rings. The lowest BCUT2D eigenvalue weighted by atomic mass is 10.2. The normalized spacial score (nSPS) is 11.9. The first-order chi connectivity index (χ1) is 10.3. The topological polar surface area (TPSA) is 31.6 Å². The van der Waals surface area contributed by atoms with Crippen molar-refractivity contribution >= 4 is 49.9 Å². The van der Waals surface area contributed by atoms with Crippen LogP contribution in [-0.2, 0) is 0 Å². The van der Waals surface area contributed by atoms with Crippen LogP contribution in [0.4, 0.5) is 0 Å². The monoisotopic (exact) mass is 336 g/mol. The van der Waals surface area contributed by atoms with Gasteiger partial charge >= 0.3 is 0 Å². The average molecular weight is 337 g/mol. The largest absolute Gasteiger partial charge is 0.355 e. The van der Waals surface area contributed by atoms with Gasteiger partial charge in [-0.2, -0.15) is 0 Å². The molecular weight excluding hydrogens is 324 g/mol. The summed E-state index contributed by atoms with van der Waals surface area (Å²) in [6.45, 7) is 0. The average Bonchev–Trinajstić information content (AvgIpc) is 3.07. The third kappa shape index (κ3) is 2.41. The molecule has 0 amide bonds. The summed E-state index contributed by atoms with van der Waals surface area (Å²) in [4.78, 5) is 6.81. The SMILES string of the molecule is Brc1ccc2cc(/C=C/c3cc4ccccc4[nH]3)[nH]c2c1. The number of benzene rings is 2. The van der Waals surface area contributed by atoms with E-state index in [0.29, 0.717) is 0 Å². The Morgan fingerprint density at radius 3 is 2.14 bits per heavy atom. The van der Waals surface area contributed by atoms with Crippen LogP contribution in [0.3, 0.4) is 0 Å². The molecule has 0 aliphatic rings. The minimum atomic E-state index is 1.09. The van der Waals surface area contributed by atoms with E-state index in [-0.39, 0.29) is 0 Å². The molecule has 0 aliphatic carbocycles. The van der Waals surface area contributed by atoms with E-state index in [1.54, 1.807) is 0 Å². The van der Waals surface area contributed by atoms with Gasteiger partial charge in [0.2, 0.25) is 0 Å². The molecule has 0 unspecified atom stereocenters. The fourth-order valence-electron chi connectivity index (χ4n) is 2.58. The Morgan fingerprint density at radius 1 is 0.714 bits per heavy atom. The highest BCUT2D eigenvalue weighted by molar-refractivity contribution is 9.10. The van der Waals surface area contributed by atoms with Crippen LogP contribution in [0, 0.1) is 0 Å². The zero-order valence-electron chi connectivity index (χ0n) is 11.2. The lowest BCUT2D eigenvalue weighted by molar-refractivity contribution is 1.41. The van der Waals surface area contributed by atoms with Crippen molar-refractivity contribution in [3.8, 4) is 0 Å². The van der Waals surface area contributed by atoms with E-state index < -0.39 is 0 Å². The van der Waals surface area contributed by atoms with Crippen molar-refractivity contribution in [3.05, 3.63) is 70.5 Å². The molecule has 0 saturated heterocycles. The van der Waals surface area contributed by atoms with Gasteiger partial charge in [-0.1, -0.05) is 40.2 Å². The summed E-state index contributed by atoms with van der Waals surface area (Å²) in [6, 6.07) is 18.9. The number of aromatic nitrogens is 2. The third-order valence-corrected chi connectivity index (χ3v) is 4.09. The second-order valence-corrected chi connectivity index (χ2v) is 6.02. The zero-order chi connectivity index (χ0) is 14.2. The maximum Gasteiger partial charge on any atom is 0.0469 e. The molecule has 2 nitrogen and oxygen atoms in total. The number of aromatic amines is 2. The molecule has 2 aromatic heterocycles. The molecule has 0 spiro atoms. The van der Waals surface area contributed by atoms with Gasteiger partial charge in [0.25, 0.3) is 0 Å². The Labute approximate surface area is 130 Å². The molecule has 0 radical (unpaired) electrons. The van der Waals surface area contributed by atoms with Crippen molar-refractivity contribution in [2.24, 2.45) is 0 Å². The number of fused-ring (bicyclic) bond motifs is 2. The van der Waals surface area contributed by atoms with E-state index >= 15 is 0 Å². The quantitative estimate of drug-likeness (QED) is 0.478. The van der Waals surface area contributed by atoms with E-state index in [1.807, 2.05) is 6.07 Å². The van der Waals surface area contributed by atoms with E-state index in [9.17, 15) is 0 Å². The van der Waals surface area contributed by atoms with Gasteiger partial charge in [-0.3, -0.25) is 0 Å². The van der Waals surface area contributed by atoms with Gasteiger partial charge in [0, 0.05) is 32.3 Å². The molecular formula is C18H13BrN2.